The third kappa shape index (κ3) is 8.09. The number of aryl methyl sites for hydroxylation is 2. The highest BCUT2D eigenvalue weighted by Crippen LogP contribution is 2.00. The fraction of sp³-hybridized carbons (Fsp3) is 0.417. The largest absolute Gasteiger partial charge is 0.478 e. The lowest BCUT2D eigenvalue weighted by atomic mass is 10.2. The average Bonchev–Trinajstić information content (AvgIpc) is 2.70. The van der Waals surface area contributed by atoms with Crippen LogP contribution in [0.4, 0.5) is 0 Å². The number of hydrogen-bond donors (Lipinski definition) is 2. The van der Waals surface area contributed by atoms with E-state index < -0.39 is 11.9 Å². The quantitative estimate of drug-likeness (QED) is 0.776. The molecule has 0 unspecified atom stereocenters. The molecular weight excluding hydrogens is 236 g/mol. The van der Waals surface area contributed by atoms with Crippen LogP contribution in [0.25, 0.3) is 0 Å². The Bertz CT molecular complexity index is 394. The third-order valence-corrected chi connectivity index (χ3v) is 2.04. The lowest BCUT2D eigenvalue weighted by molar-refractivity contribution is -0.134. The number of nitrogens with zero attached hydrogens (tertiary/aromatic N) is 2. The first-order valence-corrected chi connectivity index (χ1v) is 5.57. The molecule has 1 heterocycles. The molecule has 6 nitrogen and oxygen atoms in total. The molecule has 1 rings (SSSR count). The summed E-state index contributed by atoms with van der Waals surface area (Å²) in [7, 11) is 2.04. The van der Waals surface area contributed by atoms with Gasteiger partial charge < -0.3 is 14.8 Å². The standard InChI is InChI=1S/C8H14N2.C4H4O4/c1-3-4-5-8-9-6-7-10(8)2;5-3(6)1-2-4(7)8/h6-7H,3-5H2,1-2H3;1-2H,(H,5,6)(H,7,8)/b;2-1-. The van der Waals surface area contributed by atoms with Crippen LogP contribution in [-0.4, -0.2) is 31.7 Å². The number of carbonyl (C=O) groups is 2. The molecule has 0 aliphatic heterocycles. The number of aromatic nitrogens is 2. The number of hydrogen-bond acceptors (Lipinski definition) is 3. The van der Waals surface area contributed by atoms with Gasteiger partial charge in [-0.3, -0.25) is 0 Å². The van der Waals surface area contributed by atoms with Gasteiger partial charge in [-0.25, -0.2) is 14.6 Å². The van der Waals surface area contributed by atoms with E-state index in [2.05, 4.69) is 16.5 Å². The van der Waals surface area contributed by atoms with Crippen molar-refractivity contribution in [1.82, 2.24) is 9.55 Å². The van der Waals surface area contributed by atoms with Gasteiger partial charge in [-0.05, 0) is 6.42 Å². The van der Waals surface area contributed by atoms with Gasteiger partial charge in [0.25, 0.3) is 0 Å². The topological polar surface area (TPSA) is 92.4 Å². The maximum absolute atomic E-state index is 9.55. The Morgan fingerprint density at radius 2 is 1.89 bits per heavy atom. The van der Waals surface area contributed by atoms with Gasteiger partial charge in [-0.2, -0.15) is 0 Å². The van der Waals surface area contributed by atoms with Crippen molar-refractivity contribution in [1.29, 1.82) is 0 Å². The predicted molar refractivity (Wildman–Crippen MR) is 66.2 cm³/mol. The maximum atomic E-state index is 9.55. The molecule has 0 radical (unpaired) electrons. The normalized spacial score (nSPS) is 9.89. The van der Waals surface area contributed by atoms with Crippen LogP contribution >= 0.6 is 0 Å². The van der Waals surface area contributed by atoms with Gasteiger partial charge in [-0.1, -0.05) is 13.3 Å². The second-order valence-electron chi connectivity index (χ2n) is 3.57. The monoisotopic (exact) mass is 254 g/mol. The number of aliphatic carboxylic acids is 2. The van der Waals surface area contributed by atoms with Gasteiger partial charge in [0.05, 0.1) is 0 Å². The first kappa shape index (κ1) is 15.9. The minimum atomic E-state index is -1.26. The molecule has 0 aliphatic rings. The molecule has 0 bridgehead atoms. The van der Waals surface area contributed by atoms with Crippen molar-refractivity contribution < 1.29 is 19.8 Å². The second kappa shape index (κ2) is 8.98. The fourth-order valence-electron chi connectivity index (χ4n) is 1.11. The Labute approximate surface area is 106 Å². The Hall–Kier alpha value is -2.11. The number of rotatable bonds is 5. The van der Waals surface area contributed by atoms with Crippen LogP contribution in [0.2, 0.25) is 0 Å². The minimum absolute atomic E-state index is 0.558. The molecular formula is C12H18N2O4. The maximum Gasteiger partial charge on any atom is 0.328 e. The molecule has 1 aromatic rings. The van der Waals surface area contributed by atoms with Crippen LogP contribution in [0.1, 0.15) is 25.6 Å². The van der Waals surface area contributed by atoms with Crippen LogP contribution in [0.15, 0.2) is 24.5 Å². The van der Waals surface area contributed by atoms with E-state index in [4.69, 9.17) is 10.2 Å². The Kier molecular flexibility index (Phi) is 7.92. The molecule has 18 heavy (non-hydrogen) atoms. The number of carboxylic acid groups (broad SMARTS) is 2. The van der Waals surface area contributed by atoms with E-state index in [0.717, 1.165) is 6.42 Å². The molecule has 0 saturated carbocycles. The van der Waals surface area contributed by atoms with E-state index in [1.54, 1.807) is 0 Å². The summed E-state index contributed by atoms with van der Waals surface area (Å²) in [4.78, 5) is 23.3. The summed E-state index contributed by atoms with van der Waals surface area (Å²) >= 11 is 0. The van der Waals surface area contributed by atoms with Crippen molar-refractivity contribution in [2.75, 3.05) is 0 Å². The van der Waals surface area contributed by atoms with Crippen LogP contribution in [0.5, 0.6) is 0 Å². The van der Waals surface area contributed by atoms with E-state index in [-0.39, 0.29) is 0 Å². The summed E-state index contributed by atoms with van der Waals surface area (Å²) in [5.74, 6) is -1.32. The molecule has 0 amide bonds. The highest BCUT2D eigenvalue weighted by atomic mass is 16.4. The molecule has 0 fully saturated rings. The first-order valence-electron chi connectivity index (χ1n) is 5.57. The lowest BCUT2D eigenvalue weighted by Crippen LogP contribution is -1.96. The second-order valence-corrected chi connectivity index (χ2v) is 3.57. The smallest absolute Gasteiger partial charge is 0.328 e. The van der Waals surface area contributed by atoms with Crippen molar-refractivity contribution >= 4 is 11.9 Å². The summed E-state index contributed by atoms with van der Waals surface area (Å²) in [6, 6.07) is 0. The van der Waals surface area contributed by atoms with Crippen LogP contribution in [-0.2, 0) is 23.1 Å². The highest BCUT2D eigenvalue weighted by molar-refractivity contribution is 5.89. The van der Waals surface area contributed by atoms with Gasteiger partial charge in [-0.15, -0.1) is 0 Å². The number of imidazole rings is 1. The number of unbranched alkanes of at least 4 members (excludes halogenated alkanes) is 1. The molecule has 1 aromatic heterocycles. The van der Waals surface area contributed by atoms with Crippen molar-refractivity contribution in [2.24, 2.45) is 7.05 Å². The lowest BCUT2D eigenvalue weighted by Gasteiger charge is -1.97. The van der Waals surface area contributed by atoms with Gasteiger partial charge >= 0.3 is 11.9 Å². The fourth-order valence-corrected chi connectivity index (χ4v) is 1.11. The molecule has 0 spiro atoms. The van der Waals surface area contributed by atoms with Gasteiger partial charge in [0.2, 0.25) is 0 Å². The average molecular weight is 254 g/mol. The summed E-state index contributed by atoms with van der Waals surface area (Å²) in [6.07, 6.45) is 8.55. The summed E-state index contributed by atoms with van der Waals surface area (Å²) in [6.45, 7) is 2.20. The van der Waals surface area contributed by atoms with Crippen molar-refractivity contribution in [2.45, 2.75) is 26.2 Å². The molecule has 0 aromatic carbocycles. The molecule has 0 atom stereocenters. The Morgan fingerprint density at radius 3 is 2.22 bits per heavy atom. The van der Waals surface area contributed by atoms with E-state index in [0.29, 0.717) is 12.2 Å². The van der Waals surface area contributed by atoms with E-state index in [1.165, 1.54) is 18.7 Å². The third-order valence-electron chi connectivity index (χ3n) is 2.04. The zero-order valence-corrected chi connectivity index (χ0v) is 10.5. The zero-order valence-electron chi connectivity index (χ0n) is 10.5. The van der Waals surface area contributed by atoms with E-state index in [1.807, 2.05) is 19.4 Å². The highest BCUT2D eigenvalue weighted by Gasteiger charge is 1.95. The first-order chi connectivity index (χ1) is 8.47. The number of carboxylic acids is 2. The van der Waals surface area contributed by atoms with E-state index >= 15 is 0 Å². The molecule has 100 valence electrons. The minimum Gasteiger partial charge on any atom is -0.478 e. The van der Waals surface area contributed by atoms with Crippen molar-refractivity contribution in [3.8, 4) is 0 Å². The predicted octanol–water partition coefficient (Wildman–Crippen LogP) is 1.47. The van der Waals surface area contributed by atoms with Gasteiger partial charge in [0.1, 0.15) is 5.82 Å². The zero-order chi connectivity index (χ0) is 14.0. The summed E-state index contributed by atoms with van der Waals surface area (Å²) in [5.41, 5.74) is 0. The van der Waals surface area contributed by atoms with Crippen LogP contribution in [0.3, 0.4) is 0 Å². The Morgan fingerprint density at radius 1 is 1.33 bits per heavy atom. The molecule has 6 heteroatoms. The Balaban J connectivity index is 0.000000331. The molecule has 2 N–H and O–H groups in total. The van der Waals surface area contributed by atoms with Gasteiger partial charge in [0.15, 0.2) is 0 Å². The van der Waals surface area contributed by atoms with Crippen molar-refractivity contribution in [3.05, 3.63) is 30.4 Å². The summed E-state index contributed by atoms with van der Waals surface area (Å²) in [5, 5.41) is 15.6. The van der Waals surface area contributed by atoms with E-state index in [9.17, 15) is 9.59 Å². The SMILES string of the molecule is CCCCc1nccn1C.O=C(O)/C=C\C(=O)O. The van der Waals surface area contributed by atoms with Gasteiger partial charge in [0, 0.05) is 38.0 Å². The van der Waals surface area contributed by atoms with Crippen molar-refractivity contribution in [3.63, 3.8) is 0 Å². The van der Waals surface area contributed by atoms with Crippen LogP contribution < -0.4 is 0 Å². The summed E-state index contributed by atoms with van der Waals surface area (Å²) < 4.78 is 2.08. The molecule has 0 saturated heterocycles. The molecule has 0 aliphatic carbocycles. The van der Waals surface area contributed by atoms with Crippen LogP contribution in [0, 0.1) is 0 Å².